The number of benzene rings is 1. The summed E-state index contributed by atoms with van der Waals surface area (Å²) < 4.78 is 1.93. The molecule has 0 fully saturated rings. The predicted octanol–water partition coefficient (Wildman–Crippen LogP) is 2.99. The summed E-state index contributed by atoms with van der Waals surface area (Å²) in [6.07, 6.45) is 0. The second kappa shape index (κ2) is 4.44. The van der Waals surface area contributed by atoms with Gasteiger partial charge >= 0.3 is 0 Å². The van der Waals surface area contributed by atoms with E-state index in [9.17, 15) is 0 Å². The van der Waals surface area contributed by atoms with E-state index < -0.39 is 0 Å². The molecule has 2 rings (SSSR count). The number of nitrogens with zero attached hydrogens (tertiary/aromatic N) is 2. The van der Waals surface area contributed by atoms with Crippen LogP contribution >= 0.6 is 11.6 Å². The number of fused-ring (bicyclic) bond motifs is 1. The Morgan fingerprint density at radius 2 is 2.25 bits per heavy atom. The lowest BCUT2D eigenvalue weighted by molar-refractivity contribution is 0.650. The van der Waals surface area contributed by atoms with Gasteiger partial charge < -0.3 is 5.32 Å². The van der Waals surface area contributed by atoms with Crippen LogP contribution in [0.1, 0.15) is 25.5 Å². The summed E-state index contributed by atoms with van der Waals surface area (Å²) in [5, 5.41) is 9.13. The lowest BCUT2D eigenvalue weighted by Crippen LogP contribution is -2.12. The van der Waals surface area contributed by atoms with Crippen molar-refractivity contribution in [2.45, 2.75) is 26.4 Å². The number of nitrogens with one attached hydrogen (secondary N) is 1. The van der Waals surface area contributed by atoms with E-state index in [0.29, 0.717) is 11.2 Å². The zero-order chi connectivity index (χ0) is 11.7. The summed E-state index contributed by atoms with van der Waals surface area (Å²) in [5.41, 5.74) is 2.35. The monoisotopic (exact) mass is 237 g/mol. The fourth-order valence-corrected chi connectivity index (χ4v) is 2.08. The van der Waals surface area contributed by atoms with Crippen LogP contribution in [0.25, 0.3) is 10.9 Å². The van der Waals surface area contributed by atoms with Gasteiger partial charge in [0, 0.05) is 18.0 Å². The van der Waals surface area contributed by atoms with Crippen LogP contribution in [0.5, 0.6) is 0 Å². The van der Waals surface area contributed by atoms with Gasteiger partial charge in [-0.1, -0.05) is 17.7 Å². The van der Waals surface area contributed by atoms with Crippen LogP contribution < -0.4 is 5.32 Å². The van der Waals surface area contributed by atoms with Crippen LogP contribution in [-0.2, 0) is 6.54 Å². The maximum Gasteiger partial charge on any atom is 0.158 e. The summed E-state index contributed by atoms with van der Waals surface area (Å²) in [5.74, 6) is 0. The van der Waals surface area contributed by atoms with Crippen LogP contribution in [0.2, 0.25) is 5.15 Å². The van der Waals surface area contributed by atoms with Crippen molar-refractivity contribution in [2.24, 2.45) is 0 Å². The smallest absolute Gasteiger partial charge is 0.158 e. The fraction of sp³-hybridized carbons (Fsp3) is 0.417. The van der Waals surface area contributed by atoms with Gasteiger partial charge in [-0.2, -0.15) is 5.10 Å². The quantitative estimate of drug-likeness (QED) is 0.890. The van der Waals surface area contributed by atoms with Gasteiger partial charge in [-0.15, -0.1) is 0 Å². The SMILES string of the molecule is CCn1nc(Cl)c2ccc(C(C)NC)cc21. The lowest BCUT2D eigenvalue weighted by atomic mass is 10.1. The third kappa shape index (κ3) is 1.81. The van der Waals surface area contributed by atoms with Gasteiger partial charge in [-0.05, 0) is 38.6 Å². The molecule has 0 radical (unpaired) electrons. The van der Waals surface area contributed by atoms with E-state index in [-0.39, 0.29) is 0 Å². The van der Waals surface area contributed by atoms with Gasteiger partial charge in [0.1, 0.15) is 0 Å². The van der Waals surface area contributed by atoms with E-state index >= 15 is 0 Å². The highest BCUT2D eigenvalue weighted by Crippen LogP contribution is 2.25. The number of halogens is 1. The Morgan fingerprint density at radius 1 is 1.50 bits per heavy atom. The van der Waals surface area contributed by atoms with Crippen molar-refractivity contribution in [2.75, 3.05) is 7.05 Å². The highest BCUT2D eigenvalue weighted by Gasteiger charge is 2.10. The molecular formula is C12H16ClN3. The normalized spacial score (nSPS) is 13.2. The standard InChI is InChI=1S/C12H16ClN3/c1-4-16-11-7-9(8(2)14-3)5-6-10(11)12(13)15-16/h5-8,14H,4H2,1-3H3. The largest absolute Gasteiger partial charge is 0.313 e. The molecule has 1 aromatic heterocycles. The molecule has 1 unspecified atom stereocenters. The maximum atomic E-state index is 6.07. The first kappa shape index (κ1) is 11.4. The van der Waals surface area contributed by atoms with Crippen LogP contribution in [0.4, 0.5) is 0 Å². The van der Waals surface area contributed by atoms with Crippen molar-refractivity contribution < 1.29 is 0 Å². The first-order valence-electron chi connectivity index (χ1n) is 5.50. The van der Waals surface area contributed by atoms with Crippen LogP contribution in [0.3, 0.4) is 0 Å². The van der Waals surface area contributed by atoms with E-state index in [1.807, 2.05) is 17.8 Å². The average molecular weight is 238 g/mol. The van der Waals surface area contributed by atoms with E-state index in [1.54, 1.807) is 0 Å². The highest BCUT2D eigenvalue weighted by atomic mass is 35.5. The molecule has 0 aliphatic carbocycles. The molecule has 4 heteroatoms. The highest BCUT2D eigenvalue weighted by molar-refractivity contribution is 6.34. The van der Waals surface area contributed by atoms with Crippen LogP contribution in [0.15, 0.2) is 18.2 Å². The maximum absolute atomic E-state index is 6.07. The Balaban J connectivity index is 2.59. The predicted molar refractivity (Wildman–Crippen MR) is 67.9 cm³/mol. The molecule has 0 spiro atoms. The zero-order valence-corrected chi connectivity index (χ0v) is 10.5. The third-order valence-corrected chi connectivity index (χ3v) is 3.24. The Labute approximate surface area is 100 Å². The fourth-order valence-electron chi connectivity index (χ4n) is 1.83. The van der Waals surface area contributed by atoms with Crippen molar-refractivity contribution in [3.8, 4) is 0 Å². The van der Waals surface area contributed by atoms with Crippen LogP contribution in [-0.4, -0.2) is 16.8 Å². The molecule has 0 bridgehead atoms. The van der Waals surface area contributed by atoms with E-state index in [4.69, 9.17) is 11.6 Å². The molecule has 1 N–H and O–H groups in total. The second-order valence-corrected chi connectivity index (χ2v) is 4.25. The molecule has 0 aliphatic rings. The molecule has 1 atom stereocenters. The Morgan fingerprint density at radius 3 is 2.88 bits per heavy atom. The molecule has 3 nitrogen and oxygen atoms in total. The third-order valence-electron chi connectivity index (χ3n) is 2.96. The Kier molecular flexibility index (Phi) is 3.17. The molecule has 1 heterocycles. The minimum absolute atomic E-state index is 0.336. The molecule has 0 saturated heterocycles. The first-order valence-corrected chi connectivity index (χ1v) is 5.88. The Hall–Kier alpha value is -1.06. The zero-order valence-electron chi connectivity index (χ0n) is 9.79. The minimum Gasteiger partial charge on any atom is -0.313 e. The van der Waals surface area contributed by atoms with Crippen molar-refractivity contribution in [1.82, 2.24) is 15.1 Å². The van der Waals surface area contributed by atoms with Crippen molar-refractivity contribution in [1.29, 1.82) is 0 Å². The molecule has 16 heavy (non-hydrogen) atoms. The van der Waals surface area contributed by atoms with Crippen molar-refractivity contribution >= 4 is 22.5 Å². The Bertz CT molecular complexity index is 504. The molecule has 0 saturated carbocycles. The minimum atomic E-state index is 0.336. The van der Waals surface area contributed by atoms with E-state index in [2.05, 4.69) is 36.4 Å². The molecule has 0 amide bonds. The second-order valence-electron chi connectivity index (χ2n) is 3.89. The molecule has 86 valence electrons. The summed E-state index contributed by atoms with van der Waals surface area (Å²) >= 11 is 6.07. The molecule has 2 aromatic rings. The number of rotatable bonds is 3. The van der Waals surface area contributed by atoms with Gasteiger partial charge in [0.25, 0.3) is 0 Å². The van der Waals surface area contributed by atoms with Crippen molar-refractivity contribution in [3.63, 3.8) is 0 Å². The van der Waals surface area contributed by atoms with Gasteiger partial charge in [0.05, 0.1) is 5.52 Å². The van der Waals surface area contributed by atoms with Crippen LogP contribution in [0, 0.1) is 0 Å². The summed E-state index contributed by atoms with van der Waals surface area (Å²) in [6, 6.07) is 6.62. The first-order chi connectivity index (χ1) is 7.67. The molecule has 1 aromatic carbocycles. The number of aromatic nitrogens is 2. The number of aryl methyl sites for hydroxylation is 1. The molecule has 0 aliphatic heterocycles. The number of hydrogen-bond acceptors (Lipinski definition) is 2. The van der Waals surface area contributed by atoms with Gasteiger partial charge in [-0.25, -0.2) is 0 Å². The van der Waals surface area contributed by atoms with E-state index in [0.717, 1.165) is 17.4 Å². The van der Waals surface area contributed by atoms with Gasteiger partial charge in [-0.3, -0.25) is 4.68 Å². The topological polar surface area (TPSA) is 29.9 Å². The summed E-state index contributed by atoms with van der Waals surface area (Å²) in [4.78, 5) is 0. The summed E-state index contributed by atoms with van der Waals surface area (Å²) in [6.45, 7) is 5.03. The molecular weight excluding hydrogens is 222 g/mol. The van der Waals surface area contributed by atoms with E-state index in [1.165, 1.54) is 5.56 Å². The van der Waals surface area contributed by atoms with Gasteiger partial charge in [0.2, 0.25) is 0 Å². The average Bonchev–Trinajstić information content (AvgIpc) is 2.64. The lowest BCUT2D eigenvalue weighted by Gasteiger charge is -2.10. The van der Waals surface area contributed by atoms with Gasteiger partial charge in [0.15, 0.2) is 5.15 Å². The van der Waals surface area contributed by atoms with Crippen molar-refractivity contribution in [3.05, 3.63) is 28.9 Å². The summed E-state index contributed by atoms with van der Waals surface area (Å²) in [7, 11) is 1.96. The number of hydrogen-bond donors (Lipinski definition) is 1.